The maximum absolute atomic E-state index is 10.3. The molecule has 1 fully saturated rings. The Morgan fingerprint density at radius 2 is 2.30 bits per heavy atom. The van der Waals surface area contributed by atoms with E-state index in [1.807, 2.05) is 0 Å². The van der Waals surface area contributed by atoms with Crippen LogP contribution >= 0.6 is 7.60 Å². The van der Waals surface area contributed by atoms with E-state index in [0.29, 0.717) is 0 Å². The van der Waals surface area contributed by atoms with Crippen LogP contribution < -0.4 is 0 Å². The summed E-state index contributed by atoms with van der Waals surface area (Å²) in [7, 11) is -3.92. The normalized spacial score (nSPS) is 27.2. The van der Waals surface area contributed by atoms with Crippen LogP contribution in [-0.2, 0) is 14.0 Å². The molecule has 0 saturated carbocycles. The van der Waals surface area contributed by atoms with Crippen LogP contribution in [0.4, 0.5) is 0 Å². The van der Waals surface area contributed by atoms with Crippen molar-refractivity contribution in [3.63, 3.8) is 0 Å². The first-order chi connectivity index (χ1) is 4.58. The summed E-state index contributed by atoms with van der Waals surface area (Å²) >= 11 is 0. The van der Waals surface area contributed by atoms with E-state index >= 15 is 0 Å². The molecule has 5 nitrogen and oxygen atoms in total. The minimum atomic E-state index is -3.92. The van der Waals surface area contributed by atoms with E-state index in [1.54, 1.807) is 0 Å². The Balaban J connectivity index is 2.31. The SMILES string of the molecule is O=P(O)(O)CC1COCO1. The van der Waals surface area contributed by atoms with Gasteiger partial charge in [0, 0.05) is 0 Å². The van der Waals surface area contributed by atoms with Gasteiger partial charge < -0.3 is 19.3 Å². The number of hydrogen-bond acceptors (Lipinski definition) is 3. The van der Waals surface area contributed by atoms with E-state index in [2.05, 4.69) is 0 Å². The number of rotatable bonds is 2. The number of ether oxygens (including phenoxy) is 2. The Morgan fingerprint density at radius 3 is 2.70 bits per heavy atom. The summed E-state index contributed by atoms with van der Waals surface area (Å²) < 4.78 is 19.9. The fourth-order valence-electron chi connectivity index (χ4n) is 0.743. The zero-order chi connectivity index (χ0) is 7.61. The van der Waals surface area contributed by atoms with Gasteiger partial charge in [0.25, 0.3) is 0 Å². The lowest BCUT2D eigenvalue weighted by atomic mass is 10.4. The molecule has 1 saturated heterocycles. The van der Waals surface area contributed by atoms with Crippen molar-refractivity contribution < 1.29 is 23.8 Å². The Kier molecular flexibility index (Phi) is 2.44. The van der Waals surface area contributed by atoms with E-state index in [4.69, 9.17) is 19.3 Å². The quantitative estimate of drug-likeness (QED) is 0.545. The standard InChI is InChI=1S/C4H9O5P/c5-10(6,7)2-4-1-8-3-9-4/h4H,1-3H2,(H2,5,6,7). The van der Waals surface area contributed by atoms with Gasteiger partial charge in [0.15, 0.2) is 0 Å². The van der Waals surface area contributed by atoms with Crippen molar-refractivity contribution in [2.45, 2.75) is 6.10 Å². The minimum absolute atomic E-state index is 0.144. The molecule has 1 unspecified atom stereocenters. The topological polar surface area (TPSA) is 76.0 Å². The van der Waals surface area contributed by atoms with Crippen molar-refractivity contribution in [2.24, 2.45) is 0 Å². The first-order valence-corrected chi connectivity index (χ1v) is 4.61. The van der Waals surface area contributed by atoms with Gasteiger partial charge in [-0.05, 0) is 0 Å². The fraction of sp³-hybridized carbons (Fsp3) is 1.00. The van der Waals surface area contributed by atoms with E-state index in [-0.39, 0.29) is 19.6 Å². The van der Waals surface area contributed by atoms with Crippen molar-refractivity contribution in [3.05, 3.63) is 0 Å². The van der Waals surface area contributed by atoms with Crippen LogP contribution in [0.5, 0.6) is 0 Å². The van der Waals surface area contributed by atoms with Gasteiger partial charge in [0.1, 0.15) is 6.79 Å². The minimum Gasteiger partial charge on any atom is -0.353 e. The molecule has 1 heterocycles. The predicted molar refractivity (Wildman–Crippen MR) is 32.6 cm³/mol. The summed E-state index contributed by atoms with van der Waals surface area (Å²) in [6, 6.07) is 0. The zero-order valence-electron chi connectivity index (χ0n) is 5.27. The first-order valence-electron chi connectivity index (χ1n) is 2.82. The predicted octanol–water partition coefficient (Wildman–Crippen LogP) is -0.463. The highest BCUT2D eigenvalue weighted by Gasteiger charge is 2.25. The molecule has 0 bridgehead atoms. The lowest BCUT2D eigenvalue weighted by Crippen LogP contribution is -2.14. The third-order valence-corrected chi connectivity index (χ3v) is 2.02. The van der Waals surface area contributed by atoms with Crippen LogP contribution in [0.3, 0.4) is 0 Å². The highest BCUT2D eigenvalue weighted by Crippen LogP contribution is 2.36. The molecule has 60 valence electrons. The van der Waals surface area contributed by atoms with Gasteiger partial charge in [-0.3, -0.25) is 4.57 Å². The summed E-state index contributed by atoms with van der Waals surface area (Å²) in [6.45, 7) is 0.426. The summed E-state index contributed by atoms with van der Waals surface area (Å²) in [5.41, 5.74) is 0. The lowest BCUT2D eigenvalue weighted by Gasteiger charge is -2.07. The van der Waals surface area contributed by atoms with Gasteiger partial charge in [-0.2, -0.15) is 0 Å². The van der Waals surface area contributed by atoms with Crippen LogP contribution in [-0.4, -0.2) is 35.5 Å². The van der Waals surface area contributed by atoms with Crippen molar-refractivity contribution in [1.29, 1.82) is 0 Å². The molecule has 2 N–H and O–H groups in total. The van der Waals surface area contributed by atoms with Crippen molar-refractivity contribution in [1.82, 2.24) is 0 Å². The maximum atomic E-state index is 10.3. The van der Waals surface area contributed by atoms with Crippen LogP contribution in [0, 0.1) is 0 Å². The molecule has 1 rings (SSSR count). The van der Waals surface area contributed by atoms with Crippen molar-refractivity contribution in [2.75, 3.05) is 19.6 Å². The molecule has 0 aromatic heterocycles. The van der Waals surface area contributed by atoms with Crippen LogP contribution in [0.25, 0.3) is 0 Å². The van der Waals surface area contributed by atoms with E-state index < -0.39 is 13.7 Å². The van der Waals surface area contributed by atoms with Crippen molar-refractivity contribution >= 4 is 7.60 Å². The van der Waals surface area contributed by atoms with Crippen LogP contribution in [0.15, 0.2) is 0 Å². The molecule has 1 aliphatic heterocycles. The number of hydrogen-bond donors (Lipinski definition) is 2. The molecular weight excluding hydrogens is 159 g/mol. The average molecular weight is 168 g/mol. The van der Waals surface area contributed by atoms with Gasteiger partial charge in [-0.25, -0.2) is 0 Å². The van der Waals surface area contributed by atoms with Crippen LogP contribution in [0.1, 0.15) is 0 Å². The smallest absolute Gasteiger partial charge is 0.328 e. The molecule has 0 aromatic rings. The van der Waals surface area contributed by atoms with E-state index in [9.17, 15) is 4.57 Å². The summed E-state index contributed by atoms with van der Waals surface area (Å²) in [4.78, 5) is 16.9. The Hall–Kier alpha value is 0.0700. The molecule has 0 aliphatic carbocycles. The van der Waals surface area contributed by atoms with Gasteiger partial charge in [-0.15, -0.1) is 0 Å². The Bertz CT molecular complexity index is 146. The van der Waals surface area contributed by atoms with Crippen LogP contribution in [0.2, 0.25) is 0 Å². The fourth-order valence-corrected chi connectivity index (χ4v) is 1.48. The largest absolute Gasteiger partial charge is 0.353 e. The highest BCUT2D eigenvalue weighted by atomic mass is 31.2. The third-order valence-electron chi connectivity index (χ3n) is 1.13. The molecule has 1 atom stereocenters. The lowest BCUT2D eigenvalue weighted by molar-refractivity contribution is 0.0511. The molecule has 0 aromatic carbocycles. The Morgan fingerprint density at radius 1 is 1.60 bits per heavy atom. The maximum Gasteiger partial charge on any atom is 0.328 e. The second-order valence-corrected chi connectivity index (χ2v) is 3.82. The monoisotopic (exact) mass is 168 g/mol. The van der Waals surface area contributed by atoms with Crippen molar-refractivity contribution in [3.8, 4) is 0 Å². The highest BCUT2D eigenvalue weighted by molar-refractivity contribution is 7.51. The zero-order valence-corrected chi connectivity index (χ0v) is 6.16. The molecule has 0 spiro atoms. The Labute approximate surface area is 58.1 Å². The molecule has 0 amide bonds. The molecule has 1 aliphatic rings. The van der Waals surface area contributed by atoms with E-state index in [0.717, 1.165) is 0 Å². The average Bonchev–Trinajstić information content (AvgIpc) is 2.12. The second kappa shape index (κ2) is 2.98. The third kappa shape index (κ3) is 2.77. The van der Waals surface area contributed by atoms with Gasteiger partial charge in [-0.1, -0.05) is 0 Å². The van der Waals surface area contributed by atoms with Gasteiger partial charge in [0.05, 0.1) is 18.9 Å². The first kappa shape index (κ1) is 8.17. The molecule has 0 radical (unpaired) electrons. The second-order valence-electron chi connectivity index (χ2n) is 2.12. The summed E-state index contributed by atoms with van der Waals surface area (Å²) in [5, 5.41) is 0. The molecule has 10 heavy (non-hydrogen) atoms. The molecular formula is C4H9O5P. The summed E-state index contributed by atoms with van der Waals surface area (Å²) in [5.74, 6) is 0. The van der Waals surface area contributed by atoms with E-state index in [1.165, 1.54) is 0 Å². The van der Waals surface area contributed by atoms with Gasteiger partial charge in [0.2, 0.25) is 0 Å². The van der Waals surface area contributed by atoms with Gasteiger partial charge >= 0.3 is 7.60 Å². The molecule has 6 heteroatoms. The summed E-state index contributed by atoms with van der Waals surface area (Å²) in [6.07, 6.45) is -0.673.